The number of carbonyl (C=O) groups is 3. The van der Waals surface area contributed by atoms with Crippen LogP contribution in [0.15, 0.2) is 36.5 Å². The fourth-order valence-corrected chi connectivity index (χ4v) is 8.44. The van der Waals surface area contributed by atoms with Gasteiger partial charge in [0.25, 0.3) is 0 Å². The zero-order valence-corrected chi connectivity index (χ0v) is 49.7. The minimum atomic E-state index is -0.756. The summed E-state index contributed by atoms with van der Waals surface area (Å²) in [5.41, 5.74) is 0. The second kappa shape index (κ2) is 61.4. The molecule has 458 valence electrons. The van der Waals surface area contributed by atoms with E-state index < -0.39 is 24.6 Å². The molecule has 3 N–H and O–H groups in total. The van der Waals surface area contributed by atoms with Crippen molar-refractivity contribution in [3.8, 4) is 0 Å². The number of ether oxygens (including phenoxy) is 9. The Morgan fingerprint density at radius 2 is 0.603 bits per heavy atom. The number of hydrogen-bond acceptors (Lipinski definition) is 15. The van der Waals surface area contributed by atoms with Gasteiger partial charge < -0.3 is 58.0 Å². The van der Waals surface area contributed by atoms with Gasteiger partial charge >= 0.3 is 18.5 Å². The van der Waals surface area contributed by atoms with Crippen molar-refractivity contribution in [1.29, 1.82) is 0 Å². The first-order valence-electron chi connectivity index (χ1n) is 31.4. The standard InChI is InChI=1S/C63H116O15/c1-4-7-10-31-40-57(64)43-34-25-19-13-16-22-28-37-46-73-61(67)76-51-49-70-55-60(72-53-54-78-63(69)75-48-39-30-24-18-15-21-27-36-45-59(66)42-33-12-9-6-3)56-71-50-52-77-62(68)74-47-38-29-23-17-14-20-26-35-44-58(65)41-32-11-8-5-2/h25-27,34-36,57-60,64-66H,4-24,28-33,37-56H2,1-3H3. The van der Waals surface area contributed by atoms with Crippen molar-refractivity contribution in [1.82, 2.24) is 0 Å². The van der Waals surface area contributed by atoms with E-state index in [9.17, 15) is 29.7 Å². The van der Waals surface area contributed by atoms with Crippen LogP contribution in [0.25, 0.3) is 0 Å². The second-order valence-electron chi connectivity index (χ2n) is 20.8. The third kappa shape index (κ3) is 58.9. The smallest absolute Gasteiger partial charge is 0.434 e. The summed E-state index contributed by atoms with van der Waals surface area (Å²) in [6.45, 7) is 7.85. The Labute approximate surface area is 474 Å². The molecule has 0 amide bonds. The molecule has 0 aliphatic heterocycles. The predicted octanol–water partition coefficient (Wildman–Crippen LogP) is 15.7. The summed E-state index contributed by atoms with van der Waals surface area (Å²) < 4.78 is 48.5. The van der Waals surface area contributed by atoms with Crippen LogP contribution in [-0.2, 0) is 42.6 Å². The number of aliphatic hydroxyl groups excluding tert-OH is 3. The van der Waals surface area contributed by atoms with Crippen LogP contribution in [0, 0.1) is 0 Å². The lowest BCUT2D eigenvalue weighted by Gasteiger charge is -2.18. The van der Waals surface area contributed by atoms with Crippen molar-refractivity contribution in [3.05, 3.63) is 36.5 Å². The van der Waals surface area contributed by atoms with E-state index in [1.807, 2.05) is 0 Å². The average molecular weight is 1110 g/mol. The summed E-state index contributed by atoms with van der Waals surface area (Å²) >= 11 is 0. The molecular weight excluding hydrogens is 997 g/mol. The van der Waals surface area contributed by atoms with Crippen molar-refractivity contribution < 1.29 is 72.3 Å². The molecule has 0 radical (unpaired) electrons. The van der Waals surface area contributed by atoms with Crippen molar-refractivity contribution in [2.75, 3.05) is 72.7 Å². The highest BCUT2D eigenvalue weighted by molar-refractivity contribution is 5.60. The highest BCUT2D eigenvalue weighted by atomic mass is 16.7. The lowest BCUT2D eigenvalue weighted by molar-refractivity contribution is -0.0796. The molecule has 0 rings (SSSR count). The van der Waals surface area contributed by atoms with Crippen LogP contribution in [0.5, 0.6) is 0 Å². The number of unbranched alkanes of at least 4 members (excludes halogenated alkanes) is 24. The van der Waals surface area contributed by atoms with Crippen LogP contribution >= 0.6 is 0 Å². The molecule has 3 unspecified atom stereocenters. The molecule has 0 aromatic carbocycles. The van der Waals surface area contributed by atoms with Gasteiger partial charge in [0.15, 0.2) is 0 Å². The Balaban J connectivity index is 4.38. The maximum Gasteiger partial charge on any atom is 0.508 e. The van der Waals surface area contributed by atoms with Crippen LogP contribution in [0.1, 0.15) is 252 Å². The van der Waals surface area contributed by atoms with Gasteiger partial charge in [-0.2, -0.15) is 0 Å². The fraction of sp³-hybridized carbons (Fsp3) is 0.857. The van der Waals surface area contributed by atoms with Gasteiger partial charge in [0.2, 0.25) is 0 Å². The Bertz CT molecular complexity index is 1310. The molecule has 0 saturated heterocycles. The van der Waals surface area contributed by atoms with Gasteiger partial charge in [0, 0.05) is 0 Å². The van der Waals surface area contributed by atoms with Crippen molar-refractivity contribution in [3.63, 3.8) is 0 Å². The predicted molar refractivity (Wildman–Crippen MR) is 312 cm³/mol. The van der Waals surface area contributed by atoms with Crippen molar-refractivity contribution in [2.24, 2.45) is 0 Å². The molecule has 0 aromatic heterocycles. The van der Waals surface area contributed by atoms with E-state index >= 15 is 0 Å². The minimum absolute atomic E-state index is 0.00731. The number of carbonyl (C=O) groups excluding carboxylic acids is 3. The molecule has 0 bridgehead atoms. The molecule has 0 fully saturated rings. The van der Waals surface area contributed by atoms with Crippen molar-refractivity contribution >= 4 is 18.5 Å². The first kappa shape index (κ1) is 74.8. The van der Waals surface area contributed by atoms with Crippen LogP contribution in [-0.4, -0.2) is 131 Å². The Hall–Kier alpha value is -3.21. The lowest BCUT2D eigenvalue weighted by atomic mass is 10.1. The second-order valence-corrected chi connectivity index (χ2v) is 20.8. The molecule has 15 nitrogen and oxygen atoms in total. The maximum atomic E-state index is 12.2. The van der Waals surface area contributed by atoms with Gasteiger partial charge in [-0.05, 0) is 96.3 Å². The first-order chi connectivity index (χ1) is 38.2. The molecule has 0 aromatic rings. The molecule has 0 aliphatic rings. The number of allylic oxidation sites excluding steroid dienone is 3. The molecule has 15 heteroatoms. The summed E-state index contributed by atoms with van der Waals surface area (Å²) in [6, 6.07) is 0. The van der Waals surface area contributed by atoms with E-state index in [1.165, 1.54) is 57.8 Å². The summed E-state index contributed by atoms with van der Waals surface area (Å²) in [7, 11) is 0. The highest BCUT2D eigenvalue weighted by Gasteiger charge is 2.14. The summed E-state index contributed by atoms with van der Waals surface area (Å²) in [4.78, 5) is 36.4. The van der Waals surface area contributed by atoms with E-state index in [4.69, 9.17) is 42.6 Å². The topological polar surface area (TPSA) is 195 Å². The van der Waals surface area contributed by atoms with E-state index in [0.717, 1.165) is 173 Å². The van der Waals surface area contributed by atoms with Gasteiger partial charge in [-0.1, -0.05) is 192 Å². The Morgan fingerprint density at radius 1 is 0.321 bits per heavy atom. The van der Waals surface area contributed by atoms with E-state index in [0.29, 0.717) is 0 Å². The van der Waals surface area contributed by atoms with Crippen LogP contribution in [0.4, 0.5) is 14.4 Å². The van der Waals surface area contributed by atoms with E-state index in [2.05, 4.69) is 57.2 Å². The lowest BCUT2D eigenvalue weighted by Crippen LogP contribution is -2.29. The average Bonchev–Trinajstić information content (AvgIpc) is 3.43. The van der Waals surface area contributed by atoms with Crippen molar-refractivity contribution in [2.45, 2.75) is 276 Å². The molecule has 3 atom stereocenters. The zero-order chi connectivity index (χ0) is 56.9. The SMILES string of the molecule is CCCCCCC(O)CC=CCCCCCCCOC(=O)OCCOCC(COCCOC(=O)OCCCCCCCC=CCC(O)CCCCCC)OCCOC(=O)OCCCCCCCC=CCC(O)CCCCCC. The molecule has 0 aliphatic carbocycles. The van der Waals surface area contributed by atoms with Gasteiger partial charge in [-0.15, -0.1) is 0 Å². The number of hydrogen-bond donors (Lipinski definition) is 3. The largest absolute Gasteiger partial charge is 0.508 e. The number of aliphatic hydroxyl groups is 3. The summed E-state index contributed by atoms with van der Waals surface area (Å²) in [6.07, 6.45) is 46.3. The highest BCUT2D eigenvalue weighted by Crippen LogP contribution is 2.14. The minimum Gasteiger partial charge on any atom is -0.434 e. The van der Waals surface area contributed by atoms with E-state index in [-0.39, 0.29) is 91.0 Å². The summed E-state index contributed by atoms with van der Waals surface area (Å²) in [5, 5.41) is 30.3. The van der Waals surface area contributed by atoms with Gasteiger partial charge in [0.05, 0.1) is 71.2 Å². The molecule has 0 heterocycles. The fourth-order valence-electron chi connectivity index (χ4n) is 8.44. The summed E-state index contributed by atoms with van der Waals surface area (Å²) in [5.74, 6) is 0. The normalized spacial score (nSPS) is 13.3. The van der Waals surface area contributed by atoms with Crippen LogP contribution in [0.2, 0.25) is 0 Å². The van der Waals surface area contributed by atoms with Crippen LogP contribution < -0.4 is 0 Å². The van der Waals surface area contributed by atoms with Gasteiger partial charge in [0.1, 0.15) is 25.9 Å². The third-order valence-corrected chi connectivity index (χ3v) is 13.3. The quantitative estimate of drug-likeness (QED) is 0.0225. The zero-order valence-electron chi connectivity index (χ0n) is 49.7. The molecule has 78 heavy (non-hydrogen) atoms. The molecule has 0 saturated carbocycles. The van der Waals surface area contributed by atoms with E-state index in [1.54, 1.807) is 0 Å². The van der Waals surface area contributed by atoms with Gasteiger partial charge in [-0.3, -0.25) is 0 Å². The Kier molecular flexibility index (Phi) is 58.9. The first-order valence-corrected chi connectivity index (χ1v) is 31.4. The molecular formula is C63H116O15. The monoisotopic (exact) mass is 1110 g/mol. The Morgan fingerprint density at radius 3 is 0.936 bits per heavy atom. The maximum absolute atomic E-state index is 12.2. The van der Waals surface area contributed by atoms with Gasteiger partial charge in [-0.25, -0.2) is 14.4 Å². The number of rotatable bonds is 59. The van der Waals surface area contributed by atoms with Crippen LogP contribution in [0.3, 0.4) is 0 Å². The third-order valence-electron chi connectivity index (χ3n) is 13.3. The molecule has 0 spiro atoms.